The van der Waals surface area contributed by atoms with E-state index in [9.17, 15) is 14.7 Å². The van der Waals surface area contributed by atoms with E-state index < -0.39 is 17.9 Å². The number of carbonyl (C=O) groups excluding carboxylic acids is 1. The van der Waals surface area contributed by atoms with Gasteiger partial charge in [-0.05, 0) is 47.0 Å². The summed E-state index contributed by atoms with van der Waals surface area (Å²) in [5.74, 6) is -0.880. The van der Waals surface area contributed by atoms with Gasteiger partial charge >= 0.3 is 5.97 Å². The van der Waals surface area contributed by atoms with Gasteiger partial charge < -0.3 is 9.84 Å². The number of aliphatic carboxylic acids is 1. The Morgan fingerprint density at radius 2 is 1.73 bits per heavy atom. The van der Waals surface area contributed by atoms with Crippen LogP contribution in [0.3, 0.4) is 0 Å². The van der Waals surface area contributed by atoms with Crippen molar-refractivity contribution in [3.05, 3.63) is 105 Å². The maximum atomic E-state index is 13.0. The van der Waals surface area contributed by atoms with Crippen LogP contribution in [0.25, 0.3) is 6.08 Å². The van der Waals surface area contributed by atoms with Crippen LogP contribution in [-0.4, -0.2) is 26.2 Å². The second-order valence-corrected chi connectivity index (χ2v) is 9.30. The van der Waals surface area contributed by atoms with Gasteiger partial charge in [-0.2, -0.15) is 0 Å². The normalized spacial score (nSPS) is 15.7. The Morgan fingerprint density at radius 3 is 2.36 bits per heavy atom. The minimum Gasteiger partial charge on any atom is -0.489 e. The van der Waals surface area contributed by atoms with Crippen molar-refractivity contribution in [1.29, 1.82) is 0 Å². The zero-order chi connectivity index (χ0) is 23.4. The molecule has 5 nitrogen and oxygen atoms in total. The lowest BCUT2D eigenvalue weighted by Gasteiger charge is -2.23. The Morgan fingerprint density at radius 1 is 1.06 bits per heavy atom. The molecule has 1 aliphatic rings. The summed E-state index contributed by atoms with van der Waals surface area (Å²) in [6.45, 7) is 0.408. The van der Waals surface area contributed by atoms with E-state index >= 15 is 0 Å². The first-order valence-electron chi connectivity index (χ1n) is 9.94. The number of benzene rings is 3. The van der Waals surface area contributed by atoms with Gasteiger partial charge in [0.15, 0.2) is 6.04 Å². The van der Waals surface area contributed by atoms with E-state index in [1.165, 1.54) is 0 Å². The highest BCUT2D eigenvalue weighted by atomic mass is 35.5. The first-order valence-corrected chi connectivity index (χ1v) is 11.5. The number of amides is 1. The van der Waals surface area contributed by atoms with Crippen molar-refractivity contribution in [3.63, 3.8) is 0 Å². The lowest BCUT2D eigenvalue weighted by molar-refractivity contribution is -0.145. The molecule has 1 N–H and O–H groups in total. The van der Waals surface area contributed by atoms with Gasteiger partial charge in [-0.3, -0.25) is 9.69 Å². The summed E-state index contributed by atoms with van der Waals surface area (Å²) in [5.41, 5.74) is 2.27. The van der Waals surface area contributed by atoms with Crippen LogP contribution in [0.2, 0.25) is 5.02 Å². The van der Waals surface area contributed by atoms with Crippen LogP contribution < -0.4 is 4.74 Å². The summed E-state index contributed by atoms with van der Waals surface area (Å²) >= 11 is 12.3. The molecule has 3 aromatic rings. The van der Waals surface area contributed by atoms with Crippen molar-refractivity contribution in [3.8, 4) is 5.75 Å². The molecule has 1 atom stereocenters. The molecule has 0 unspecified atom stereocenters. The number of thiocarbonyl (C=S) groups is 1. The summed E-state index contributed by atoms with van der Waals surface area (Å²) in [6.07, 6.45) is 1.70. The minimum absolute atomic E-state index is 0.213. The first-order chi connectivity index (χ1) is 15.9. The molecule has 1 saturated heterocycles. The lowest BCUT2D eigenvalue weighted by Crippen LogP contribution is -2.37. The van der Waals surface area contributed by atoms with Crippen LogP contribution in [-0.2, 0) is 16.2 Å². The number of hydrogen-bond donors (Lipinski definition) is 1. The van der Waals surface area contributed by atoms with Gasteiger partial charge in [0.2, 0.25) is 0 Å². The molecule has 3 aromatic carbocycles. The third-order valence-electron chi connectivity index (χ3n) is 4.93. The molecule has 4 rings (SSSR count). The number of thioether (sulfide) groups is 1. The largest absolute Gasteiger partial charge is 0.489 e. The van der Waals surface area contributed by atoms with Crippen molar-refractivity contribution in [1.82, 2.24) is 4.90 Å². The Bertz CT molecular complexity index is 1210. The van der Waals surface area contributed by atoms with Crippen molar-refractivity contribution in [2.24, 2.45) is 0 Å². The van der Waals surface area contributed by atoms with Crippen LogP contribution in [0, 0.1) is 0 Å². The number of carboxylic acid groups (broad SMARTS) is 1. The van der Waals surface area contributed by atoms with Crippen LogP contribution in [0.4, 0.5) is 0 Å². The predicted molar refractivity (Wildman–Crippen MR) is 134 cm³/mol. The number of carbonyl (C=O) groups is 2. The van der Waals surface area contributed by atoms with Crippen LogP contribution in [0.1, 0.15) is 22.7 Å². The van der Waals surface area contributed by atoms with Crippen molar-refractivity contribution in [2.45, 2.75) is 12.6 Å². The average molecular weight is 496 g/mol. The number of nitrogens with zero attached hydrogens (tertiary/aromatic N) is 1. The topological polar surface area (TPSA) is 66.8 Å². The van der Waals surface area contributed by atoms with Crippen molar-refractivity contribution < 1.29 is 19.4 Å². The number of rotatable bonds is 7. The summed E-state index contributed by atoms with van der Waals surface area (Å²) in [7, 11) is 0. The zero-order valence-corrected chi connectivity index (χ0v) is 19.6. The Hall–Kier alpha value is -3.13. The molecule has 33 heavy (non-hydrogen) atoms. The molecule has 1 amide bonds. The third kappa shape index (κ3) is 5.45. The fourth-order valence-corrected chi connectivity index (χ4v) is 4.74. The maximum absolute atomic E-state index is 13.0. The van der Waals surface area contributed by atoms with E-state index in [1.54, 1.807) is 36.4 Å². The number of halogens is 1. The number of carboxylic acids is 1. The molecule has 1 aliphatic heterocycles. The molecule has 8 heteroatoms. The average Bonchev–Trinajstić information content (AvgIpc) is 3.08. The fraction of sp³-hybridized carbons (Fsp3) is 0.0800. The van der Waals surface area contributed by atoms with Crippen molar-refractivity contribution in [2.75, 3.05) is 0 Å². The van der Waals surface area contributed by atoms with Crippen LogP contribution in [0.5, 0.6) is 5.75 Å². The summed E-state index contributed by atoms with van der Waals surface area (Å²) < 4.78 is 6.00. The van der Waals surface area contributed by atoms with Gasteiger partial charge in [-0.25, -0.2) is 4.79 Å². The quantitative estimate of drug-likeness (QED) is 0.323. The molecular weight excluding hydrogens is 478 g/mol. The highest BCUT2D eigenvalue weighted by Crippen LogP contribution is 2.38. The number of hydrogen-bond acceptors (Lipinski definition) is 5. The summed E-state index contributed by atoms with van der Waals surface area (Å²) in [5, 5.41) is 10.4. The van der Waals surface area contributed by atoms with Gasteiger partial charge in [0.1, 0.15) is 16.7 Å². The molecule has 0 saturated carbocycles. The summed E-state index contributed by atoms with van der Waals surface area (Å²) in [4.78, 5) is 26.5. The molecule has 1 heterocycles. The van der Waals surface area contributed by atoms with Gasteiger partial charge in [0, 0.05) is 5.02 Å². The SMILES string of the molecule is O=C(O)[C@H](c1ccccc1)N1C(=O)/C(=C\c2ccc(OCc3ccc(Cl)cc3)cc2)SC1=S. The van der Waals surface area contributed by atoms with Crippen LogP contribution in [0.15, 0.2) is 83.8 Å². The molecule has 166 valence electrons. The Balaban J connectivity index is 1.47. The third-order valence-corrected chi connectivity index (χ3v) is 6.51. The highest BCUT2D eigenvalue weighted by Gasteiger charge is 2.41. The van der Waals surface area contributed by atoms with Gasteiger partial charge in [0.05, 0.1) is 4.91 Å². The molecule has 1 fully saturated rings. The van der Waals surface area contributed by atoms with Crippen molar-refractivity contribution >= 4 is 57.9 Å². The molecule has 0 aliphatic carbocycles. The van der Waals surface area contributed by atoms with Crippen LogP contribution >= 0.6 is 35.6 Å². The van der Waals surface area contributed by atoms with E-state index in [4.69, 9.17) is 28.6 Å². The Kier molecular flexibility index (Phi) is 7.13. The fourth-order valence-electron chi connectivity index (χ4n) is 3.30. The molecular formula is C25H18ClNO4S2. The standard InChI is InChI=1S/C25H18ClNO4S2/c26-19-10-6-17(7-11-19)15-31-20-12-8-16(9-13-20)14-21-23(28)27(25(32)33-21)22(24(29)30)18-4-2-1-3-5-18/h1-14,22H,15H2,(H,29,30)/b21-14+/t22-/m0/s1. The van der Waals surface area contributed by atoms with E-state index in [-0.39, 0.29) is 4.32 Å². The molecule has 0 spiro atoms. The van der Waals surface area contributed by atoms with E-state index in [2.05, 4.69) is 0 Å². The predicted octanol–water partition coefficient (Wildman–Crippen LogP) is 5.95. The summed E-state index contributed by atoms with van der Waals surface area (Å²) in [6, 6.07) is 22.1. The maximum Gasteiger partial charge on any atom is 0.331 e. The second kappa shape index (κ2) is 10.2. The highest BCUT2D eigenvalue weighted by molar-refractivity contribution is 8.26. The van der Waals surface area contributed by atoms with E-state index in [1.807, 2.05) is 48.5 Å². The van der Waals surface area contributed by atoms with Gasteiger partial charge in [-0.1, -0.05) is 90.2 Å². The zero-order valence-electron chi connectivity index (χ0n) is 17.2. The Labute approximate surface area is 205 Å². The van der Waals surface area contributed by atoms with Gasteiger partial charge in [0.25, 0.3) is 5.91 Å². The lowest BCUT2D eigenvalue weighted by atomic mass is 10.1. The molecule has 0 bridgehead atoms. The monoisotopic (exact) mass is 495 g/mol. The number of ether oxygens (including phenoxy) is 1. The minimum atomic E-state index is -1.17. The second-order valence-electron chi connectivity index (χ2n) is 7.19. The first kappa shape index (κ1) is 23.0. The molecule has 0 aromatic heterocycles. The molecule has 0 radical (unpaired) electrons. The van der Waals surface area contributed by atoms with E-state index in [0.29, 0.717) is 27.8 Å². The van der Waals surface area contributed by atoms with E-state index in [0.717, 1.165) is 27.8 Å². The van der Waals surface area contributed by atoms with Gasteiger partial charge in [-0.15, -0.1) is 0 Å². The smallest absolute Gasteiger partial charge is 0.331 e.